The van der Waals surface area contributed by atoms with E-state index in [-0.39, 0.29) is 5.91 Å². The van der Waals surface area contributed by atoms with Gasteiger partial charge < -0.3 is 15.0 Å². The summed E-state index contributed by atoms with van der Waals surface area (Å²) in [6, 6.07) is 3.98. The number of ether oxygens (including phenoxy) is 1. The van der Waals surface area contributed by atoms with Crippen LogP contribution < -0.4 is 5.32 Å². The van der Waals surface area contributed by atoms with Gasteiger partial charge in [-0.05, 0) is 24.1 Å². The van der Waals surface area contributed by atoms with Crippen LogP contribution in [0.1, 0.15) is 12.0 Å². The lowest BCUT2D eigenvalue weighted by molar-refractivity contribution is -0.129. The first-order valence-corrected chi connectivity index (χ1v) is 8.39. The maximum atomic E-state index is 12.1. The Kier molecular flexibility index (Phi) is 8.00. The smallest absolute Gasteiger partial charge is 0.223 e. The molecule has 0 bridgehead atoms. The molecule has 0 aromatic carbocycles. The van der Waals surface area contributed by atoms with Crippen molar-refractivity contribution >= 4 is 5.91 Å². The quantitative estimate of drug-likeness (QED) is 0.667. The normalized spacial score (nSPS) is 15.5. The van der Waals surface area contributed by atoms with Gasteiger partial charge in [-0.2, -0.15) is 0 Å². The topological polar surface area (TPSA) is 57.7 Å². The summed E-state index contributed by atoms with van der Waals surface area (Å²) in [5.41, 5.74) is 1.21. The fourth-order valence-corrected chi connectivity index (χ4v) is 2.54. The Balaban J connectivity index is 1.51. The Morgan fingerprint density at radius 1 is 1.30 bits per heavy atom. The Labute approximate surface area is 138 Å². The van der Waals surface area contributed by atoms with Gasteiger partial charge in [0.25, 0.3) is 0 Å². The molecule has 1 aromatic rings. The number of likely N-dealkylation sites (N-methyl/N-ethyl adjacent to an activating group) is 1. The van der Waals surface area contributed by atoms with Crippen molar-refractivity contribution in [2.75, 3.05) is 59.5 Å². The van der Waals surface area contributed by atoms with Crippen molar-refractivity contribution in [3.8, 4) is 0 Å². The summed E-state index contributed by atoms with van der Waals surface area (Å²) in [5, 5.41) is 3.35. The minimum atomic E-state index is 0.193. The summed E-state index contributed by atoms with van der Waals surface area (Å²) >= 11 is 0. The van der Waals surface area contributed by atoms with Crippen molar-refractivity contribution in [1.82, 2.24) is 20.1 Å². The standard InChI is InChI=1S/C17H28N4O2/c1-20(10-5-16-2-6-18-7-3-16)17(22)4-8-19-9-11-21-12-14-23-15-13-21/h2-3,6-7,19H,4-5,8-15H2,1H3. The number of morpholine rings is 1. The average molecular weight is 320 g/mol. The van der Waals surface area contributed by atoms with Gasteiger partial charge in [-0.1, -0.05) is 0 Å². The first-order chi connectivity index (χ1) is 11.3. The van der Waals surface area contributed by atoms with E-state index in [1.807, 2.05) is 24.1 Å². The van der Waals surface area contributed by atoms with Gasteiger partial charge in [0.15, 0.2) is 0 Å². The molecule has 0 unspecified atom stereocenters. The molecular weight excluding hydrogens is 292 g/mol. The minimum Gasteiger partial charge on any atom is -0.379 e. The zero-order chi connectivity index (χ0) is 16.3. The van der Waals surface area contributed by atoms with E-state index in [1.54, 1.807) is 12.4 Å². The fraction of sp³-hybridized carbons (Fsp3) is 0.647. The highest BCUT2D eigenvalue weighted by Gasteiger charge is 2.10. The van der Waals surface area contributed by atoms with Gasteiger partial charge in [-0.25, -0.2) is 0 Å². The second-order valence-electron chi connectivity index (χ2n) is 5.87. The second kappa shape index (κ2) is 10.3. The predicted molar refractivity (Wildman–Crippen MR) is 90.3 cm³/mol. The van der Waals surface area contributed by atoms with Crippen LogP contribution in [-0.2, 0) is 16.0 Å². The summed E-state index contributed by atoms with van der Waals surface area (Å²) in [7, 11) is 1.87. The lowest BCUT2D eigenvalue weighted by atomic mass is 10.2. The molecule has 0 radical (unpaired) electrons. The molecule has 1 amide bonds. The average Bonchev–Trinajstić information content (AvgIpc) is 2.61. The molecule has 1 aliphatic rings. The maximum absolute atomic E-state index is 12.1. The van der Waals surface area contributed by atoms with Gasteiger partial charge >= 0.3 is 0 Å². The van der Waals surface area contributed by atoms with E-state index in [9.17, 15) is 4.79 Å². The summed E-state index contributed by atoms with van der Waals surface area (Å²) in [4.78, 5) is 20.3. The Hall–Kier alpha value is -1.50. The summed E-state index contributed by atoms with van der Waals surface area (Å²) in [6.07, 6.45) is 5.00. The molecule has 0 spiro atoms. The van der Waals surface area contributed by atoms with E-state index in [4.69, 9.17) is 4.74 Å². The highest BCUT2D eigenvalue weighted by Crippen LogP contribution is 2.00. The number of hydrogen-bond donors (Lipinski definition) is 1. The van der Waals surface area contributed by atoms with Crippen molar-refractivity contribution in [2.45, 2.75) is 12.8 Å². The number of pyridine rings is 1. The first-order valence-electron chi connectivity index (χ1n) is 8.39. The fourth-order valence-electron chi connectivity index (χ4n) is 2.54. The number of amides is 1. The summed E-state index contributed by atoms with van der Waals surface area (Å²) < 4.78 is 5.32. The SMILES string of the molecule is CN(CCc1ccncc1)C(=O)CCNCCN1CCOCC1. The molecule has 6 nitrogen and oxygen atoms in total. The molecule has 2 heterocycles. The lowest BCUT2D eigenvalue weighted by Crippen LogP contribution is -2.40. The van der Waals surface area contributed by atoms with Crippen LogP contribution in [0.15, 0.2) is 24.5 Å². The zero-order valence-corrected chi connectivity index (χ0v) is 14.0. The highest BCUT2D eigenvalue weighted by atomic mass is 16.5. The molecule has 1 N–H and O–H groups in total. The van der Waals surface area contributed by atoms with Crippen LogP contribution in [0.5, 0.6) is 0 Å². The minimum absolute atomic E-state index is 0.193. The third-order valence-electron chi connectivity index (χ3n) is 4.14. The van der Waals surface area contributed by atoms with Gasteiger partial charge in [0.2, 0.25) is 5.91 Å². The van der Waals surface area contributed by atoms with E-state index < -0.39 is 0 Å². The van der Waals surface area contributed by atoms with Crippen molar-refractivity contribution in [1.29, 1.82) is 0 Å². The summed E-state index contributed by atoms with van der Waals surface area (Å²) in [6.45, 7) is 7.13. The Morgan fingerprint density at radius 2 is 2.04 bits per heavy atom. The van der Waals surface area contributed by atoms with Crippen LogP contribution in [0.2, 0.25) is 0 Å². The van der Waals surface area contributed by atoms with Gasteiger partial charge in [0, 0.05) is 65.1 Å². The number of carbonyl (C=O) groups excluding carboxylic acids is 1. The van der Waals surface area contributed by atoms with E-state index in [2.05, 4.69) is 15.2 Å². The molecule has 128 valence electrons. The van der Waals surface area contributed by atoms with Gasteiger partial charge in [0.05, 0.1) is 13.2 Å². The van der Waals surface area contributed by atoms with E-state index in [1.165, 1.54) is 5.56 Å². The summed E-state index contributed by atoms with van der Waals surface area (Å²) in [5.74, 6) is 0.193. The van der Waals surface area contributed by atoms with Crippen LogP contribution in [0.25, 0.3) is 0 Å². The third-order valence-corrected chi connectivity index (χ3v) is 4.14. The number of carbonyl (C=O) groups is 1. The number of rotatable bonds is 9. The molecule has 1 fully saturated rings. The monoisotopic (exact) mass is 320 g/mol. The number of hydrogen-bond acceptors (Lipinski definition) is 5. The van der Waals surface area contributed by atoms with Crippen molar-refractivity contribution in [3.05, 3.63) is 30.1 Å². The predicted octanol–water partition coefficient (Wildman–Crippen LogP) is 0.394. The number of aromatic nitrogens is 1. The highest BCUT2D eigenvalue weighted by molar-refractivity contribution is 5.76. The van der Waals surface area contributed by atoms with Gasteiger partial charge in [-0.3, -0.25) is 14.7 Å². The van der Waals surface area contributed by atoms with Crippen LogP contribution in [-0.4, -0.2) is 80.2 Å². The van der Waals surface area contributed by atoms with E-state index in [0.717, 1.165) is 58.9 Å². The molecule has 1 aliphatic heterocycles. The largest absolute Gasteiger partial charge is 0.379 e. The molecule has 23 heavy (non-hydrogen) atoms. The first kappa shape index (κ1) is 17.8. The van der Waals surface area contributed by atoms with E-state index in [0.29, 0.717) is 6.42 Å². The van der Waals surface area contributed by atoms with Gasteiger partial charge in [0.1, 0.15) is 0 Å². The maximum Gasteiger partial charge on any atom is 0.223 e. The molecule has 1 saturated heterocycles. The van der Waals surface area contributed by atoms with Crippen molar-refractivity contribution < 1.29 is 9.53 Å². The lowest BCUT2D eigenvalue weighted by Gasteiger charge is -2.26. The van der Waals surface area contributed by atoms with Crippen LogP contribution >= 0.6 is 0 Å². The number of nitrogens with zero attached hydrogens (tertiary/aromatic N) is 3. The third kappa shape index (κ3) is 7.07. The molecule has 0 atom stereocenters. The molecule has 0 aliphatic carbocycles. The Morgan fingerprint density at radius 3 is 2.78 bits per heavy atom. The van der Waals surface area contributed by atoms with Gasteiger partial charge in [-0.15, -0.1) is 0 Å². The Bertz CT molecular complexity index is 449. The van der Waals surface area contributed by atoms with Crippen LogP contribution in [0.3, 0.4) is 0 Å². The van der Waals surface area contributed by atoms with Crippen molar-refractivity contribution in [2.24, 2.45) is 0 Å². The van der Waals surface area contributed by atoms with Crippen LogP contribution in [0, 0.1) is 0 Å². The molecular formula is C17H28N4O2. The molecule has 0 saturated carbocycles. The van der Waals surface area contributed by atoms with Crippen molar-refractivity contribution in [3.63, 3.8) is 0 Å². The van der Waals surface area contributed by atoms with Crippen LogP contribution in [0.4, 0.5) is 0 Å². The molecule has 6 heteroatoms. The molecule has 2 rings (SSSR count). The molecule has 1 aromatic heterocycles. The number of nitrogens with one attached hydrogen (secondary N) is 1. The second-order valence-corrected chi connectivity index (χ2v) is 5.87. The van der Waals surface area contributed by atoms with E-state index >= 15 is 0 Å². The zero-order valence-electron chi connectivity index (χ0n) is 14.0.